The van der Waals surface area contributed by atoms with Crippen molar-refractivity contribution in [1.82, 2.24) is 24.6 Å². The topological polar surface area (TPSA) is 143 Å². The van der Waals surface area contributed by atoms with E-state index in [9.17, 15) is 19.7 Å². The molecule has 4 rings (SSSR count). The third-order valence-electron chi connectivity index (χ3n) is 5.42. The number of nitro groups is 1. The largest absolute Gasteiger partial charge is 0.493 e. The molecular formula is C23H21ClN6O6. The Labute approximate surface area is 209 Å². The normalized spacial score (nSPS) is 10.9. The Bertz CT molecular complexity index is 1510. The van der Waals surface area contributed by atoms with Gasteiger partial charge >= 0.3 is 0 Å². The first-order valence-corrected chi connectivity index (χ1v) is 11.0. The van der Waals surface area contributed by atoms with Crippen molar-refractivity contribution < 1.29 is 19.2 Å². The highest BCUT2D eigenvalue weighted by Crippen LogP contribution is 2.34. The van der Waals surface area contributed by atoms with Crippen LogP contribution in [0.5, 0.6) is 11.5 Å². The van der Waals surface area contributed by atoms with Gasteiger partial charge < -0.3 is 14.8 Å². The van der Waals surface area contributed by atoms with E-state index >= 15 is 0 Å². The molecule has 2 aromatic carbocycles. The average Bonchev–Trinajstić information content (AvgIpc) is 3.28. The molecule has 0 aliphatic rings. The third-order valence-corrected chi connectivity index (χ3v) is 5.65. The number of methoxy groups -OCH3 is 2. The highest BCUT2D eigenvalue weighted by atomic mass is 35.5. The van der Waals surface area contributed by atoms with Crippen LogP contribution in [-0.2, 0) is 13.1 Å². The molecule has 2 heterocycles. The predicted molar refractivity (Wildman–Crippen MR) is 131 cm³/mol. The molecule has 0 bridgehead atoms. The number of rotatable bonds is 9. The van der Waals surface area contributed by atoms with E-state index in [4.69, 9.17) is 21.1 Å². The van der Waals surface area contributed by atoms with E-state index in [0.29, 0.717) is 22.6 Å². The SMILES string of the molecule is COc1cc(C(=O)NCCn2ncc3c(=O)n(Cc4cccc(Cl)c4)cnc32)c([N+](=O)[O-])cc1OC. The number of benzene rings is 2. The Hall–Kier alpha value is -4.45. The second-order valence-electron chi connectivity index (χ2n) is 7.65. The van der Waals surface area contributed by atoms with Crippen molar-refractivity contribution in [1.29, 1.82) is 0 Å². The molecule has 0 fully saturated rings. The molecule has 0 radical (unpaired) electrons. The van der Waals surface area contributed by atoms with Gasteiger partial charge in [0.25, 0.3) is 17.2 Å². The fourth-order valence-corrected chi connectivity index (χ4v) is 3.89. The summed E-state index contributed by atoms with van der Waals surface area (Å²) < 4.78 is 13.2. The average molecular weight is 513 g/mol. The molecule has 0 saturated heterocycles. The Morgan fingerprint density at radius 1 is 1.19 bits per heavy atom. The number of nitrogens with zero attached hydrogens (tertiary/aromatic N) is 5. The number of ether oxygens (including phenoxy) is 2. The summed E-state index contributed by atoms with van der Waals surface area (Å²) in [5, 5.41) is 19.2. The molecule has 1 amide bonds. The summed E-state index contributed by atoms with van der Waals surface area (Å²) in [6, 6.07) is 9.57. The highest BCUT2D eigenvalue weighted by molar-refractivity contribution is 6.30. The van der Waals surface area contributed by atoms with Crippen molar-refractivity contribution in [2.45, 2.75) is 13.1 Å². The number of amides is 1. The van der Waals surface area contributed by atoms with E-state index in [2.05, 4.69) is 15.4 Å². The minimum absolute atomic E-state index is 0.0778. The zero-order valence-electron chi connectivity index (χ0n) is 19.3. The van der Waals surface area contributed by atoms with Crippen LogP contribution < -0.4 is 20.3 Å². The van der Waals surface area contributed by atoms with E-state index in [-0.39, 0.29) is 35.7 Å². The van der Waals surface area contributed by atoms with Gasteiger partial charge in [-0.25, -0.2) is 9.67 Å². The number of hydrogen-bond acceptors (Lipinski definition) is 8. The standard InChI is InChI=1S/C23H21ClN6O6/c1-35-19-9-16(18(30(33)34)10-20(19)36-2)22(31)25-6-7-29-21-17(11-27-29)23(32)28(13-26-21)12-14-4-3-5-15(24)8-14/h3-5,8-11,13H,6-7,12H2,1-2H3,(H,25,31). The van der Waals surface area contributed by atoms with Crippen LogP contribution in [0.1, 0.15) is 15.9 Å². The number of carbonyl (C=O) groups excluding carboxylic acids is 1. The van der Waals surface area contributed by atoms with Gasteiger partial charge in [-0.2, -0.15) is 5.10 Å². The van der Waals surface area contributed by atoms with Crippen LogP contribution in [-0.4, -0.2) is 50.9 Å². The molecule has 36 heavy (non-hydrogen) atoms. The maximum Gasteiger partial charge on any atom is 0.286 e. The van der Waals surface area contributed by atoms with Crippen molar-refractivity contribution in [3.8, 4) is 11.5 Å². The summed E-state index contributed by atoms with van der Waals surface area (Å²) in [6.45, 7) is 0.559. The smallest absolute Gasteiger partial charge is 0.286 e. The molecule has 4 aromatic rings. The number of carbonyl (C=O) groups is 1. The fourth-order valence-electron chi connectivity index (χ4n) is 3.68. The molecular weight excluding hydrogens is 492 g/mol. The lowest BCUT2D eigenvalue weighted by atomic mass is 10.1. The number of aromatic nitrogens is 4. The number of halogens is 1. The van der Waals surface area contributed by atoms with Crippen LogP contribution in [0.15, 0.2) is 53.7 Å². The Kier molecular flexibility index (Phi) is 7.15. The summed E-state index contributed by atoms with van der Waals surface area (Å²) >= 11 is 6.02. The molecule has 0 atom stereocenters. The molecule has 2 aromatic heterocycles. The van der Waals surface area contributed by atoms with Crippen molar-refractivity contribution in [2.75, 3.05) is 20.8 Å². The summed E-state index contributed by atoms with van der Waals surface area (Å²) in [7, 11) is 2.71. The summed E-state index contributed by atoms with van der Waals surface area (Å²) in [6.07, 6.45) is 2.84. The van der Waals surface area contributed by atoms with Gasteiger partial charge in [-0.05, 0) is 17.7 Å². The van der Waals surface area contributed by atoms with Gasteiger partial charge in [-0.3, -0.25) is 24.3 Å². The molecule has 0 spiro atoms. The monoisotopic (exact) mass is 512 g/mol. The van der Waals surface area contributed by atoms with Gasteiger partial charge in [0.1, 0.15) is 17.3 Å². The molecule has 0 aliphatic heterocycles. The number of hydrogen-bond donors (Lipinski definition) is 1. The second kappa shape index (κ2) is 10.4. The minimum atomic E-state index is -0.670. The minimum Gasteiger partial charge on any atom is -0.493 e. The lowest BCUT2D eigenvalue weighted by Gasteiger charge is -2.11. The Morgan fingerprint density at radius 3 is 2.64 bits per heavy atom. The van der Waals surface area contributed by atoms with Crippen LogP contribution in [0.3, 0.4) is 0 Å². The lowest BCUT2D eigenvalue weighted by molar-refractivity contribution is -0.385. The fraction of sp³-hybridized carbons (Fsp3) is 0.217. The van der Waals surface area contributed by atoms with Crippen LogP contribution >= 0.6 is 11.6 Å². The van der Waals surface area contributed by atoms with E-state index < -0.39 is 16.5 Å². The van der Waals surface area contributed by atoms with E-state index in [0.717, 1.165) is 11.6 Å². The van der Waals surface area contributed by atoms with Crippen LogP contribution in [0.4, 0.5) is 5.69 Å². The van der Waals surface area contributed by atoms with E-state index in [1.165, 1.54) is 42.1 Å². The summed E-state index contributed by atoms with van der Waals surface area (Å²) in [5.41, 5.74) is 0.344. The molecule has 186 valence electrons. The van der Waals surface area contributed by atoms with Gasteiger partial charge in [-0.1, -0.05) is 23.7 Å². The van der Waals surface area contributed by atoms with Gasteiger partial charge in [0.05, 0.1) is 44.5 Å². The number of fused-ring (bicyclic) bond motifs is 1. The molecule has 12 nitrogen and oxygen atoms in total. The van der Waals surface area contributed by atoms with Gasteiger partial charge in [0.2, 0.25) is 0 Å². The van der Waals surface area contributed by atoms with Crippen molar-refractivity contribution in [3.05, 3.63) is 85.5 Å². The maximum absolute atomic E-state index is 12.9. The lowest BCUT2D eigenvalue weighted by Crippen LogP contribution is -2.28. The Morgan fingerprint density at radius 2 is 1.94 bits per heavy atom. The predicted octanol–water partition coefficient (Wildman–Crippen LogP) is 2.65. The number of nitro benzene ring substituents is 1. The zero-order valence-corrected chi connectivity index (χ0v) is 20.1. The van der Waals surface area contributed by atoms with Gasteiger partial charge in [0, 0.05) is 17.6 Å². The molecule has 0 aliphatic carbocycles. The first-order valence-electron chi connectivity index (χ1n) is 10.7. The van der Waals surface area contributed by atoms with Crippen molar-refractivity contribution >= 4 is 34.2 Å². The van der Waals surface area contributed by atoms with Crippen molar-refractivity contribution in [2.24, 2.45) is 0 Å². The van der Waals surface area contributed by atoms with Gasteiger partial charge in [-0.15, -0.1) is 0 Å². The summed E-state index contributed by atoms with van der Waals surface area (Å²) in [4.78, 5) is 40.7. The van der Waals surface area contributed by atoms with Crippen LogP contribution in [0.2, 0.25) is 5.02 Å². The summed E-state index contributed by atoms with van der Waals surface area (Å²) in [5.74, 6) is -0.351. The van der Waals surface area contributed by atoms with Gasteiger partial charge in [0.15, 0.2) is 17.1 Å². The third kappa shape index (κ3) is 4.98. The first kappa shape index (κ1) is 24.7. The second-order valence-corrected chi connectivity index (χ2v) is 8.09. The zero-order chi connectivity index (χ0) is 25.8. The Balaban J connectivity index is 1.49. The number of nitrogens with one attached hydrogen (secondary N) is 1. The molecule has 1 N–H and O–H groups in total. The molecule has 0 saturated carbocycles. The van der Waals surface area contributed by atoms with Crippen molar-refractivity contribution in [3.63, 3.8) is 0 Å². The van der Waals surface area contributed by atoms with Crippen LogP contribution in [0.25, 0.3) is 11.0 Å². The highest BCUT2D eigenvalue weighted by Gasteiger charge is 2.24. The quantitative estimate of drug-likeness (QED) is 0.266. The maximum atomic E-state index is 12.9. The van der Waals surface area contributed by atoms with Crippen LogP contribution in [0, 0.1) is 10.1 Å². The van der Waals surface area contributed by atoms with E-state index in [1.807, 2.05) is 6.07 Å². The molecule has 0 unspecified atom stereocenters. The van der Waals surface area contributed by atoms with E-state index in [1.54, 1.807) is 18.2 Å². The molecule has 13 heteroatoms. The first-order chi connectivity index (χ1) is 17.3.